The molecule has 0 saturated heterocycles. The van der Waals surface area contributed by atoms with Gasteiger partial charge in [0.2, 0.25) is 0 Å². The predicted molar refractivity (Wildman–Crippen MR) is 71.7 cm³/mol. The molecule has 5 nitrogen and oxygen atoms in total. The first-order chi connectivity index (χ1) is 8.95. The number of methoxy groups -OCH3 is 1. The number of anilines is 1. The SMILES string of the molecule is COC(=O)c1nc(C)n(-c2ccc(F)cc2Br)c1N. The average molecular weight is 328 g/mol. The molecule has 2 N–H and O–H groups in total. The first-order valence-electron chi connectivity index (χ1n) is 5.34. The molecule has 0 spiro atoms. The van der Waals surface area contributed by atoms with Gasteiger partial charge in [-0.1, -0.05) is 0 Å². The summed E-state index contributed by atoms with van der Waals surface area (Å²) in [6, 6.07) is 4.16. The molecule has 100 valence electrons. The number of aromatic nitrogens is 2. The van der Waals surface area contributed by atoms with E-state index >= 15 is 0 Å². The second-order valence-corrected chi connectivity index (χ2v) is 4.67. The minimum Gasteiger partial charge on any atom is -0.464 e. The molecule has 2 rings (SSSR count). The van der Waals surface area contributed by atoms with Gasteiger partial charge >= 0.3 is 5.97 Å². The zero-order valence-corrected chi connectivity index (χ0v) is 11.9. The number of esters is 1. The second-order valence-electron chi connectivity index (χ2n) is 3.82. The van der Waals surface area contributed by atoms with Gasteiger partial charge in [-0.3, -0.25) is 4.57 Å². The van der Waals surface area contributed by atoms with E-state index in [1.54, 1.807) is 17.6 Å². The van der Waals surface area contributed by atoms with Crippen LogP contribution in [-0.2, 0) is 4.74 Å². The fraction of sp³-hybridized carbons (Fsp3) is 0.167. The molecule has 0 atom stereocenters. The molecule has 0 unspecified atom stereocenters. The zero-order chi connectivity index (χ0) is 14.2. The lowest BCUT2D eigenvalue weighted by Gasteiger charge is -2.09. The fourth-order valence-corrected chi connectivity index (χ4v) is 2.29. The first kappa shape index (κ1) is 13.5. The van der Waals surface area contributed by atoms with Crippen LogP contribution in [0, 0.1) is 12.7 Å². The number of benzene rings is 1. The maximum atomic E-state index is 13.1. The van der Waals surface area contributed by atoms with Crippen LogP contribution in [0.1, 0.15) is 16.3 Å². The third-order valence-corrected chi connectivity index (χ3v) is 3.25. The highest BCUT2D eigenvalue weighted by Gasteiger charge is 2.21. The van der Waals surface area contributed by atoms with Crippen molar-refractivity contribution >= 4 is 27.7 Å². The molecular weight excluding hydrogens is 317 g/mol. The lowest BCUT2D eigenvalue weighted by atomic mass is 10.3. The zero-order valence-electron chi connectivity index (χ0n) is 10.3. The molecular formula is C12H11BrFN3O2. The second kappa shape index (κ2) is 5.00. The van der Waals surface area contributed by atoms with Gasteiger partial charge in [0.25, 0.3) is 0 Å². The van der Waals surface area contributed by atoms with Gasteiger partial charge in [-0.25, -0.2) is 14.2 Å². The highest BCUT2D eigenvalue weighted by Crippen LogP contribution is 2.27. The number of aryl methyl sites for hydroxylation is 1. The summed E-state index contributed by atoms with van der Waals surface area (Å²) in [7, 11) is 1.25. The van der Waals surface area contributed by atoms with Gasteiger partial charge in [0.1, 0.15) is 17.5 Å². The van der Waals surface area contributed by atoms with Crippen LogP contribution >= 0.6 is 15.9 Å². The van der Waals surface area contributed by atoms with E-state index in [0.717, 1.165) is 0 Å². The lowest BCUT2D eigenvalue weighted by molar-refractivity contribution is 0.0596. The Labute approximate surface area is 117 Å². The summed E-state index contributed by atoms with van der Waals surface area (Å²) < 4.78 is 19.8. The predicted octanol–water partition coefficient (Wildman–Crippen LogP) is 2.45. The van der Waals surface area contributed by atoms with E-state index in [1.165, 1.54) is 19.2 Å². The van der Waals surface area contributed by atoms with Gasteiger partial charge in [0.15, 0.2) is 5.69 Å². The molecule has 7 heteroatoms. The maximum Gasteiger partial charge on any atom is 0.360 e. The van der Waals surface area contributed by atoms with E-state index in [2.05, 4.69) is 25.7 Å². The molecule has 0 bridgehead atoms. The number of carbonyl (C=O) groups excluding carboxylic acids is 1. The van der Waals surface area contributed by atoms with Crippen molar-refractivity contribution < 1.29 is 13.9 Å². The molecule has 1 aromatic carbocycles. The molecule has 0 aliphatic rings. The Kier molecular flexibility index (Phi) is 3.57. The van der Waals surface area contributed by atoms with Gasteiger partial charge in [-0.2, -0.15) is 0 Å². The van der Waals surface area contributed by atoms with Crippen molar-refractivity contribution in [2.45, 2.75) is 6.92 Å². The smallest absolute Gasteiger partial charge is 0.360 e. The maximum absolute atomic E-state index is 13.1. The molecule has 0 radical (unpaired) electrons. The summed E-state index contributed by atoms with van der Waals surface area (Å²) in [4.78, 5) is 15.6. The normalized spacial score (nSPS) is 10.5. The van der Waals surface area contributed by atoms with Crippen molar-refractivity contribution in [2.24, 2.45) is 0 Å². The number of carbonyl (C=O) groups is 1. The number of imidazole rings is 1. The molecule has 0 aliphatic carbocycles. The molecule has 1 heterocycles. The summed E-state index contributed by atoms with van der Waals surface area (Å²) in [5.74, 6) is -0.334. The van der Waals surface area contributed by atoms with Crippen LogP contribution in [0.25, 0.3) is 5.69 Å². The minimum absolute atomic E-state index is 0.0382. The van der Waals surface area contributed by atoms with Crippen LogP contribution in [0.3, 0.4) is 0 Å². The van der Waals surface area contributed by atoms with E-state index in [9.17, 15) is 9.18 Å². The Morgan fingerprint density at radius 1 is 1.53 bits per heavy atom. The van der Waals surface area contributed by atoms with Gasteiger partial charge < -0.3 is 10.5 Å². The van der Waals surface area contributed by atoms with Gasteiger partial charge in [0.05, 0.1) is 12.8 Å². The highest BCUT2D eigenvalue weighted by atomic mass is 79.9. The van der Waals surface area contributed by atoms with Crippen molar-refractivity contribution in [3.8, 4) is 5.69 Å². The number of rotatable bonds is 2. The van der Waals surface area contributed by atoms with Gasteiger partial charge in [-0.05, 0) is 41.1 Å². The number of hydrogen-bond acceptors (Lipinski definition) is 4. The number of nitrogens with two attached hydrogens (primary N) is 1. The van der Waals surface area contributed by atoms with Gasteiger partial charge in [0, 0.05) is 4.47 Å². The van der Waals surface area contributed by atoms with Crippen molar-refractivity contribution in [1.82, 2.24) is 9.55 Å². The van der Waals surface area contributed by atoms with Crippen LogP contribution in [-0.4, -0.2) is 22.6 Å². The number of nitrogen functional groups attached to an aromatic ring is 1. The quantitative estimate of drug-likeness (QED) is 0.860. The van der Waals surface area contributed by atoms with Crippen LogP contribution in [0.5, 0.6) is 0 Å². The Balaban J connectivity index is 2.63. The largest absolute Gasteiger partial charge is 0.464 e. The third kappa shape index (κ3) is 2.33. The van der Waals surface area contributed by atoms with Crippen LogP contribution in [0.2, 0.25) is 0 Å². The van der Waals surface area contributed by atoms with Crippen molar-refractivity contribution in [3.63, 3.8) is 0 Å². The number of hydrogen-bond donors (Lipinski definition) is 1. The van der Waals surface area contributed by atoms with Crippen LogP contribution in [0.15, 0.2) is 22.7 Å². The molecule has 19 heavy (non-hydrogen) atoms. The van der Waals surface area contributed by atoms with E-state index < -0.39 is 5.97 Å². The standard InChI is InChI=1S/C12H11BrFN3O2/c1-6-16-10(12(18)19-2)11(15)17(6)9-4-3-7(14)5-8(9)13/h3-5H,15H2,1-2H3. The molecule has 0 saturated carbocycles. The van der Waals surface area contributed by atoms with E-state index in [1.807, 2.05) is 0 Å². The molecule has 0 aliphatic heterocycles. The molecule has 0 amide bonds. The van der Waals surface area contributed by atoms with Crippen molar-refractivity contribution in [3.05, 3.63) is 40.0 Å². The topological polar surface area (TPSA) is 70.1 Å². The Hall–Kier alpha value is -1.89. The number of ether oxygens (including phenoxy) is 1. The minimum atomic E-state index is -0.613. The summed E-state index contributed by atoms with van der Waals surface area (Å²) in [5.41, 5.74) is 6.54. The Morgan fingerprint density at radius 2 is 2.21 bits per heavy atom. The Morgan fingerprint density at radius 3 is 2.79 bits per heavy atom. The first-order valence-corrected chi connectivity index (χ1v) is 6.13. The third-order valence-electron chi connectivity index (χ3n) is 2.61. The molecule has 2 aromatic rings. The Bertz CT molecular complexity index is 655. The van der Waals surface area contributed by atoms with E-state index in [4.69, 9.17) is 5.73 Å². The fourth-order valence-electron chi connectivity index (χ4n) is 1.76. The monoisotopic (exact) mass is 327 g/mol. The van der Waals surface area contributed by atoms with E-state index in [0.29, 0.717) is 16.0 Å². The van der Waals surface area contributed by atoms with Crippen LogP contribution in [0.4, 0.5) is 10.2 Å². The van der Waals surface area contributed by atoms with E-state index in [-0.39, 0.29) is 17.3 Å². The summed E-state index contributed by atoms with van der Waals surface area (Å²) in [6.45, 7) is 1.69. The summed E-state index contributed by atoms with van der Waals surface area (Å²) in [5, 5.41) is 0. The van der Waals surface area contributed by atoms with Crippen LogP contribution < -0.4 is 5.73 Å². The lowest BCUT2D eigenvalue weighted by Crippen LogP contribution is -2.08. The van der Waals surface area contributed by atoms with Crippen molar-refractivity contribution in [1.29, 1.82) is 0 Å². The molecule has 0 fully saturated rings. The molecule has 1 aromatic heterocycles. The number of halogens is 2. The summed E-state index contributed by atoms with van der Waals surface area (Å²) >= 11 is 3.26. The van der Waals surface area contributed by atoms with Crippen molar-refractivity contribution in [2.75, 3.05) is 12.8 Å². The summed E-state index contributed by atoms with van der Waals surface area (Å²) in [6.07, 6.45) is 0. The number of nitrogens with zero attached hydrogens (tertiary/aromatic N) is 2. The highest BCUT2D eigenvalue weighted by molar-refractivity contribution is 9.10. The van der Waals surface area contributed by atoms with Gasteiger partial charge in [-0.15, -0.1) is 0 Å². The average Bonchev–Trinajstić information content (AvgIpc) is 2.65.